The Morgan fingerprint density at radius 1 is 0.956 bits per heavy atom. The van der Waals surface area contributed by atoms with Gasteiger partial charge < -0.3 is 29.6 Å². The number of ether oxygens (including phenoxy) is 2. The van der Waals surface area contributed by atoms with Crippen LogP contribution in [0.25, 0.3) is 21.9 Å². The Hall–Kier alpha value is -5.02. The minimum Gasteiger partial charge on any atom is -0.493 e. The van der Waals surface area contributed by atoms with Crippen molar-refractivity contribution in [2.45, 2.75) is 4.90 Å². The van der Waals surface area contributed by atoms with Gasteiger partial charge in [0.05, 0.1) is 30.0 Å². The van der Waals surface area contributed by atoms with Crippen LogP contribution in [-0.4, -0.2) is 79.7 Å². The number of nitrogens with zero attached hydrogens (tertiary/aromatic N) is 4. The fourth-order valence-electron chi connectivity index (χ4n) is 5.16. The molecule has 12 nitrogen and oxygen atoms in total. The number of thiocarbonyl (C=S) groups is 1. The highest BCUT2D eigenvalue weighted by Crippen LogP contribution is 2.38. The van der Waals surface area contributed by atoms with Crippen molar-refractivity contribution in [3.05, 3.63) is 78.4 Å². The first kappa shape index (κ1) is 30.0. The molecule has 0 spiro atoms. The van der Waals surface area contributed by atoms with Gasteiger partial charge in [0.1, 0.15) is 23.6 Å². The summed E-state index contributed by atoms with van der Waals surface area (Å²) in [6, 6.07) is 14.3. The number of benzene rings is 3. The summed E-state index contributed by atoms with van der Waals surface area (Å²) in [5.41, 5.74) is 2.19. The molecule has 1 aliphatic rings. The number of anilines is 2. The van der Waals surface area contributed by atoms with Crippen LogP contribution >= 0.6 is 12.2 Å². The monoisotopic (exact) mass is 649 g/mol. The number of fused-ring (bicyclic) bond motifs is 3. The minimum atomic E-state index is -4.14. The molecule has 6 rings (SSSR count). The first-order valence-electron chi connectivity index (χ1n) is 13.8. The van der Waals surface area contributed by atoms with Crippen molar-refractivity contribution in [1.29, 1.82) is 0 Å². The second-order valence-electron chi connectivity index (χ2n) is 10.2. The molecule has 45 heavy (non-hydrogen) atoms. The number of hydrogen-bond donors (Lipinski definition) is 3. The predicted octanol–water partition coefficient (Wildman–Crippen LogP) is 3.91. The fraction of sp³-hybridized carbons (Fsp3) is 0.200. The number of aromatic nitrogens is 3. The van der Waals surface area contributed by atoms with E-state index in [1.807, 2.05) is 21.8 Å². The second-order valence-corrected chi connectivity index (χ2v) is 12.2. The van der Waals surface area contributed by atoms with Crippen molar-refractivity contribution >= 4 is 66.7 Å². The zero-order valence-corrected chi connectivity index (χ0v) is 25.8. The lowest BCUT2D eigenvalue weighted by atomic mass is 10.1. The predicted molar refractivity (Wildman–Crippen MR) is 172 cm³/mol. The standard InChI is InChI=1S/C30H28FN7O5S2/c1-42-24-15-22-23(16-25(24)43-2)35-27-26(22)28(33-17-32-27)37-11-13-38(14-12-37)30(44)34-20-7-9-21(10-8-20)45(40,41)36-29(39)18-3-5-19(31)6-4-18/h3-10,15-17H,11-14H2,1-2H3,(H,34,44)(H,36,39)(H,32,33,35). The van der Waals surface area contributed by atoms with Gasteiger partial charge in [-0.15, -0.1) is 0 Å². The van der Waals surface area contributed by atoms with E-state index < -0.39 is 21.7 Å². The van der Waals surface area contributed by atoms with Crippen LogP contribution in [-0.2, 0) is 10.0 Å². The molecule has 232 valence electrons. The van der Waals surface area contributed by atoms with Crippen LogP contribution in [0.1, 0.15) is 10.4 Å². The number of rotatable bonds is 7. The molecule has 1 saturated heterocycles. The Morgan fingerprint density at radius 2 is 1.62 bits per heavy atom. The van der Waals surface area contributed by atoms with E-state index in [-0.39, 0.29) is 10.5 Å². The number of carbonyl (C=O) groups is 1. The van der Waals surface area contributed by atoms with Crippen molar-refractivity contribution < 1.29 is 27.1 Å². The maximum Gasteiger partial charge on any atom is 0.265 e. The Kier molecular flexibility index (Phi) is 8.12. The number of sulfonamides is 1. The van der Waals surface area contributed by atoms with Gasteiger partial charge in [0.15, 0.2) is 16.6 Å². The molecule has 0 bridgehead atoms. The van der Waals surface area contributed by atoms with E-state index >= 15 is 0 Å². The highest BCUT2D eigenvalue weighted by Gasteiger charge is 2.24. The van der Waals surface area contributed by atoms with Crippen molar-refractivity contribution in [2.24, 2.45) is 0 Å². The average molecular weight is 650 g/mol. The number of amides is 1. The first-order valence-corrected chi connectivity index (χ1v) is 15.7. The van der Waals surface area contributed by atoms with Crippen LogP contribution in [0.3, 0.4) is 0 Å². The van der Waals surface area contributed by atoms with Gasteiger partial charge in [0.2, 0.25) is 0 Å². The molecule has 3 N–H and O–H groups in total. The van der Waals surface area contributed by atoms with Gasteiger partial charge in [-0.3, -0.25) is 4.79 Å². The zero-order valence-electron chi connectivity index (χ0n) is 24.2. The third-order valence-corrected chi connectivity index (χ3v) is 9.20. The van der Waals surface area contributed by atoms with Crippen LogP contribution in [0.4, 0.5) is 15.9 Å². The molecule has 0 radical (unpaired) electrons. The molecule has 0 aliphatic carbocycles. The minimum absolute atomic E-state index is 0.0233. The number of nitrogens with one attached hydrogen (secondary N) is 3. The maximum atomic E-state index is 13.1. The van der Waals surface area contributed by atoms with E-state index in [2.05, 4.69) is 25.2 Å². The lowest BCUT2D eigenvalue weighted by Crippen LogP contribution is -2.50. The third-order valence-electron chi connectivity index (χ3n) is 7.49. The number of hydrogen-bond acceptors (Lipinski definition) is 9. The van der Waals surface area contributed by atoms with Crippen molar-refractivity contribution in [1.82, 2.24) is 24.6 Å². The van der Waals surface area contributed by atoms with Gasteiger partial charge in [-0.25, -0.2) is 27.5 Å². The number of halogens is 1. The van der Waals surface area contributed by atoms with Crippen molar-refractivity contribution in [3.8, 4) is 11.5 Å². The van der Waals surface area contributed by atoms with Crippen LogP contribution in [0.15, 0.2) is 71.9 Å². The summed E-state index contributed by atoms with van der Waals surface area (Å²) >= 11 is 5.65. The Morgan fingerprint density at radius 3 is 2.29 bits per heavy atom. The molecular weight excluding hydrogens is 622 g/mol. The quantitative estimate of drug-likeness (QED) is 0.221. The summed E-state index contributed by atoms with van der Waals surface area (Å²) in [5, 5.41) is 5.47. The molecule has 5 aromatic rings. The fourth-order valence-corrected chi connectivity index (χ4v) is 6.43. The second kappa shape index (κ2) is 12.2. The van der Waals surface area contributed by atoms with E-state index in [4.69, 9.17) is 21.7 Å². The number of piperazine rings is 1. The molecule has 0 saturated carbocycles. The molecule has 3 heterocycles. The van der Waals surface area contributed by atoms with Crippen LogP contribution in [0.2, 0.25) is 0 Å². The van der Waals surface area contributed by atoms with E-state index in [0.29, 0.717) is 54.1 Å². The summed E-state index contributed by atoms with van der Waals surface area (Å²) in [6.45, 7) is 2.55. The Bertz CT molecular complexity index is 2010. The SMILES string of the molecule is COc1cc2[nH]c3ncnc(N4CCN(C(=S)Nc5ccc(S(=O)(=O)NC(=O)c6ccc(F)cc6)cc5)CC4)c3c2cc1OC. The lowest BCUT2D eigenvalue weighted by molar-refractivity contribution is 0.0981. The zero-order chi connectivity index (χ0) is 31.7. The number of H-pyrrole nitrogens is 1. The third kappa shape index (κ3) is 6.04. The maximum absolute atomic E-state index is 13.1. The summed E-state index contributed by atoms with van der Waals surface area (Å²) in [5.74, 6) is 0.649. The average Bonchev–Trinajstić information content (AvgIpc) is 3.42. The van der Waals surface area contributed by atoms with Gasteiger partial charge >= 0.3 is 0 Å². The van der Waals surface area contributed by atoms with E-state index in [9.17, 15) is 17.6 Å². The number of methoxy groups -OCH3 is 2. The summed E-state index contributed by atoms with van der Waals surface area (Å²) < 4.78 is 51.5. The highest BCUT2D eigenvalue weighted by atomic mass is 32.2. The van der Waals surface area contributed by atoms with Gasteiger partial charge in [0, 0.05) is 48.9 Å². The largest absolute Gasteiger partial charge is 0.493 e. The number of aromatic amines is 1. The molecule has 3 aromatic carbocycles. The Balaban J connectivity index is 1.10. The topological polar surface area (TPSA) is 142 Å². The molecule has 1 fully saturated rings. The smallest absolute Gasteiger partial charge is 0.265 e. The van der Waals surface area contributed by atoms with Crippen molar-refractivity contribution in [3.63, 3.8) is 0 Å². The summed E-state index contributed by atoms with van der Waals surface area (Å²) in [4.78, 5) is 28.9. The Labute approximate surface area is 263 Å². The van der Waals surface area contributed by atoms with Crippen LogP contribution in [0, 0.1) is 5.82 Å². The van der Waals surface area contributed by atoms with E-state index in [1.165, 1.54) is 30.6 Å². The van der Waals surface area contributed by atoms with Crippen LogP contribution in [0.5, 0.6) is 11.5 Å². The normalized spacial score (nSPS) is 13.6. The molecular formula is C30H28FN7O5S2. The van der Waals surface area contributed by atoms with Gasteiger partial charge in [-0.1, -0.05) is 0 Å². The summed E-state index contributed by atoms with van der Waals surface area (Å²) in [6.07, 6.45) is 1.54. The first-order chi connectivity index (χ1) is 21.7. The van der Waals surface area contributed by atoms with Gasteiger partial charge in [-0.2, -0.15) is 0 Å². The van der Waals surface area contributed by atoms with Gasteiger partial charge in [0.25, 0.3) is 15.9 Å². The molecule has 15 heteroatoms. The number of carbonyl (C=O) groups excluding carboxylic acids is 1. The van der Waals surface area contributed by atoms with E-state index in [1.54, 1.807) is 26.4 Å². The molecule has 1 amide bonds. The highest BCUT2D eigenvalue weighted by molar-refractivity contribution is 7.90. The molecule has 0 unspecified atom stereocenters. The van der Waals surface area contributed by atoms with Gasteiger partial charge in [-0.05, 0) is 66.8 Å². The summed E-state index contributed by atoms with van der Waals surface area (Å²) in [7, 11) is -0.954. The van der Waals surface area contributed by atoms with E-state index in [0.717, 1.165) is 34.2 Å². The molecule has 0 atom stereocenters. The molecule has 1 aliphatic heterocycles. The van der Waals surface area contributed by atoms with Crippen LogP contribution < -0.4 is 24.4 Å². The lowest BCUT2D eigenvalue weighted by Gasteiger charge is -2.37. The van der Waals surface area contributed by atoms with Crippen molar-refractivity contribution in [2.75, 3.05) is 50.6 Å². The molecule has 2 aromatic heterocycles.